The first-order valence-corrected chi connectivity index (χ1v) is 11.6. The van der Waals surface area contributed by atoms with Crippen LogP contribution in [0, 0.1) is 5.82 Å². The van der Waals surface area contributed by atoms with Gasteiger partial charge in [0.2, 0.25) is 5.91 Å². The van der Waals surface area contributed by atoms with E-state index >= 15 is 0 Å². The van der Waals surface area contributed by atoms with E-state index in [9.17, 15) is 22.8 Å². The topological polar surface area (TPSA) is 83.6 Å². The predicted octanol–water partition coefficient (Wildman–Crippen LogP) is 4.89. The van der Waals surface area contributed by atoms with Gasteiger partial charge in [0.25, 0.3) is 6.43 Å². The summed E-state index contributed by atoms with van der Waals surface area (Å²) in [6.45, 7) is -0.863. The molecular formula is C25H26ClF3N4O3. The number of amides is 2. The fraction of sp³-hybridized carbons (Fsp3) is 0.320. The Bertz CT molecular complexity index is 1200. The minimum absolute atomic E-state index is 0.00176. The van der Waals surface area contributed by atoms with E-state index in [0.717, 1.165) is 10.8 Å². The zero-order valence-electron chi connectivity index (χ0n) is 19.5. The number of rotatable bonds is 11. The summed E-state index contributed by atoms with van der Waals surface area (Å²) in [6, 6.07) is 12.8. The van der Waals surface area contributed by atoms with Gasteiger partial charge in [0, 0.05) is 31.6 Å². The lowest BCUT2D eigenvalue weighted by atomic mass is 10.1. The number of alkyl halides is 2. The van der Waals surface area contributed by atoms with Crippen molar-refractivity contribution in [1.29, 1.82) is 0 Å². The largest absolute Gasteiger partial charge is 0.447 e. The Morgan fingerprint density at radius 2 is 1.86 bits per heavy atom. The zero-order chi connectivity index (χ0) is 26.1. The molecule has 7 nitrogen and oxygen atoms in total. The van der Waals surface area contributed by atoms with E-state index in [0.29, 0.717) is 5.56 Å². The van der Waals surface area contributed by atoms with Crippen LogP contribution in [0.5, 0.6) is 0 Å². The van der Waals surface area contributed by atoms with Gasteiger partial charge in [0.05, 0.1) is 17.6 Å². The number of anilines is 1. The van der Waals surface area contributed by atoms with E-state index in [1.807, 2.05) is 24.3 Å². The monoisotopic (exact) mass is 522 g/mol. The summed E-state index contributed by atoms with van der Waals surface area (Å²) in [6.07, 6.45) is -1.59. The third-order valence-electron chi connectivity index (χ3n) is 5.53. The van der Waals surface area contributed by atoms with Gasteiger partial charge in [-0.25, -0.2) is 22.9 Å². The third-order valence-corrected chi connectivity index (χ3v) is 5.95. The standard InChI is InChI=1S/C25H26ClF3N4O3/c1-33(23(34)10-9-16-7-4-8-20(27)24(16)26)19(13-30-14-21(28)29)15-36-25(35)32-22-11-17-5-2-3-6-18(17)12-31-22/h2-8,11-12,19,21,30H,9-10,13-15H2,1H3,(H,31,32,35)/t19-/m0/s1. The molecule has 11 heteroatoms. The number of ether oxygens (including phenoxy) is 1. The maximum atomic E-state index is 13.6. The molecular weight excluding hydrogens is 497 g/mol. The van der Waals surface area contributed by atoms with Crippen LogP contribution in [0.25, 0.3) is 10.8 Å². The molecule has 0 saturated heterocycles. The SMILES string of the molecule is CN(C(=O)CCc1cccc(F)c1Cl)[C@@H](CNCC(F)F)COC(=O)Nc1cc2ccccc2cn1. The van der Waals surface area contributed by atoms with Crippen LogP contribution in [-0.2, 0) is 16.0 Å². The summed E-state index contributed by atoms with van der Waals surface area (Å²) in [5.41, 5.74) is 0.476. The Labute approximate surface area is 211 Å². The highest BCUT2D eigenvalue weighted by atomic mass is 35.5. The van der Waals surface area contributed by atoms with Gasteiger partial charge in [-0.2, -0.15) is 0 Å². The van der Waals surface area contributed by atoms with Crippen molar-refractivity contribution >= 4 is 40.2 Å². The summed E-state index contributed by atoms with van der Waals surface area (Å²) in [5.74, 6) is -0.647. The van der Waals surface area contributed by atoms with Gasteiger partial charge in [-0.15, -0.1) is 0 Å². The quantitative estimate of drug-likeness (QED) is 0.374. The van der Waals surface area contributed by atoms with E-state index < -0.39 is 30.9 Å². The predicted molar refractivity (Wildman–Crippen MR) is 132 cm³/mol. The molecule has 192 valence electrons. The van der Waals surface area contributed by atoms with Crippen molar-refractivity contribution in [3.05, 3.63) is 71.1 Å². The van der Waals surface area contributed by atoms with Crippen LogP contribution in [0.4, 0.5) is 23.8 Å². The smallest absolute Gasteiger partial charge is 0.412 e. The molecule has 0 aliphatic rings. The minimum Gasteiger partial charge on any atom is -0.447 e. The lowest BCUT2D eigenvalue weighted by molar-refractivity contribution is -0.132. The first kappa shape index (κ1) is 27.2. The molecule has 0 spiro atoms. The van der Waals surface area contributed by atoms with Crippen molar-refractivity contribution in [3.8, 4) is 0 Å². The van der Waals surface area contributed by atoms with Gasteiger partial charge in [-0.1, -0.05) is 48.0 Å². The summed E-state index contributed by atoms with van der Waals surface area (Å²) in [5, 5.41) is 6.82. The van der Waals surface area contributed by atoms with Gasteiger partial charge < -0.3 is 15.0 Å². The molecule has 0 radical (unpaired) electrons. The number of carbonyl (C=O) groups is 2. The summed E-state index contributed by atoms with van der Waals surface area (Å²) in [4.78, 5) is 30.6. The van der Waals surface area contributed by atoms with Crippen LogP contribution >= 0.6 is 11.6 Å². The number of carbonyl (C=O) groups excluding carboxylic acids is 2. The normalized spacial score (nSPS) is 11.9. The number of nitrogens with zero attached hydrogens (tertiary/aromatic N) is 2. The highest BCUT2D eigenvalue weighted by Gasteiger charge is 2.22. The number of pyridine rings is 1. The van der Waals surface area contributed by atoms with E-state index in [4.69, 9.17) is 16.3 Å². The van der Waals surface area contributed by atoms with Crippen LogP contribution < -0.4 is 10.6 Å². The number of likely N-dealkylation sites (N-methyl/N-ethyl adjacent to an activating group) is 1. The number of benzene rings is 2. The molecule has 0 aliphatic heterocycles. The van der Waals surface area contributed by atoms with Crippen LogP contribution in [0.3, 0.4) is 0 Å². The maximum Gasteiger partial charge on any atom is 0.412 e. The Kier molecular flexibility index (Phi) is 9.89. The molecule has 0 unspecified atom stereocenters. The maximum absolute atomic E-state index is 13.6. The van der Waals surface area contributed by atoms with E-state index in [1.165, 1.54) is 24.1 Å². The van der Waals surface area contributed by atoms with Crippen molar-refractivity contribution in [2.45, 2.75) is 25.3 Å². The lowest BCUT2D eigenvalue weighted by Gasteiger charge is -2.28. The average molecular weight is 523 g/mol. The summed E-state index contributed by atoms with van der Waals surface area (Å²) < 4.78 is 44.1. The number of aromatic nitrogens is 1. The highest BCUT2D eigenvalue weighted by molar-refractivity contribution is 6.31. The van der Waals surface area contributed by atoms with Crippen LogP contribution in [0.1, 0.15) is 12.0 Å². The van der Waals surface area contributed by atoms with Crippen molar-refractivity contribution in [1.82, 2.24) is 15.2 Å². The average Bonchev–Trinajstić information content (AvgIpc) is 2.86. The molecule has 2 N–H and O–H groups in total. The molecule has 2 aromatic carbocycles. The van der Waals surface area contributed by atoms with Gasteiger partial charge in [-0.3, -0.25) is 10.1 Å². The second-order valence-corrected chi connectivity index (χ2v) is 8.44. The Hall–Kier alpha value is -3.37. The van der Waals surface area contributed by atoms with Gasteiger partial charge >= 0.3 is 6.09 Å². The number of fused-ring (bicyclic) bond motifs is 1. The van der Waals surface area contributed by atoms with E-state index in [2.05, 4.69) is 15.6 Å². The Morgan fingerprint density at radius 3 is 2.61 bits per heavy atom. The first-order chi connectivity index (χ1) is 17.2. The molecule has 36 heavy (non-hydrogen) atoms. The van der Waals surface area contributed by atoms with Gasteiger partial charge in [0.15, 0.2) is 0 Å². The van der Waals surface area contributed by atoms with Crippen molar-refractivity contribution in [2.24, 2.45) is 0 Å². The van der Waals surface area contributed by atoms with Crippen LogP contribution in [-0.4, -0.2) is 61.1 Å². The molecule has 0 saturated carbocycles. The second kappa shape index (κ2) is 13.1. The summed E-state index contributed by atoms with van der Waals surface area (Å²) >= 11 is 5.95. The number of hydrogen-bond donors (Lipinski definition) is 2. The molecule has 0 bridgehead atoms. The number of halogens is 4. The van der Waals surface area contributed by atoms with Gasteiger partial charge in [0.1, 0.15) is 18.2 Å². The number of aryl methyl sites for hydroxylation is 1. The number of nitrogens with one attached hydrogen (secondary N) is 2. The second-order valence-electron chi connectivity index (χ2n) is 8.06. The van der Waals surface area contributed by atoms with E-state index in [1.54, 1.807) is 18.3 Å². The molecule has 0 aliphatic carbocycles. The number of hydrogen-bond acceptors (Lipinski definition) is 5. The molecule has 1 heterocycles. The van der Waals surface area contributed by atoms with Crippen molar-refractivity contribution < 1.29 is 27.5 Å². The highest BCUT2D eigenvalue weighted by Crippen LogP contribution is 2.21. The molecule has 3 aromatic rings. The molecule has 2 amide bonds. The molecule has 1 aromatic heterocycles. The lowest BCUT2D eigenvalue weighted by Crippen LogP contribution is -2.47. The molecule has 1 atom stereocenters. The van der Waals surface area contributed by atoms with Crippen LogP contribution in [0.2, 0.25) is 5.02 Å². The summed E-state index contributed by atoms with van der Waals surface area (Å²) in [7, 11) is 1.48. The van der Waals surface area contributed by atoms with Crippen LogP contribution in [0.15, 0.2) is 54.7 Å². The van der Waals surface area contributed by atoms with Crippen molar-refractivity contribution in [2.75, 3.05) is 32.1 Å². The third kappa shape index (κ3) is 7.82. The van der Waals surface area contributed by atoms with Gasteiger partial charge in [-0.05, 0) is 29.5 Å². The minimum atomic E-state index is -2.58. The zero-order valence-corrected chi connectivity index (χ0v) is 20.3. The Balaban J connectivity index is 1.58. The fourth-order valence-corrected chi connectivity index (χ4v) is 3.71. The first-order valence-electron chi connectivity index (χ1n) is 11.2. The molecule has 3 rings (SSSR count). The molecule has 0 fully saturated rings. The van der Waals surface area contributed by atoms with E-state index in [-0.39, 0.29) is 42.7 Å². The van der Waals surface area contributed by atoms with Crippen molar-refractivity contribution in [3.63, 3.8) is 0 Å². The Morgan fingerprint density at radius 1 is 1.11 bits per heavy atom. The fourth-order valence-electron chi connectivity index (χ4n) is 3.49.